The van der Waals surface area contributed by atoms with Gasteiger partial charge in [-0.1, -0.05) is 18.2 Å². The minimum Gasteiger partial charge on any atom is -0.478 e. The molecule has 0 aromatic heterocycles. The molecule has 1 aliphatic heterocycles. The van der Waals surface area contributed by atoms with E-state index in [1.165, 1.54) is 48.7 Å². The third-order valence-electron chi connectivity index (χ3n) is 3.86. The van der Waals surface area contributed by atoms with Gasteiger partial charge in [-0.15, -0.1) is 0 Å². The van der Waals surface area contributed by atoms with Gasteiger partial charge in [-0.05, 0) is 35.9 Å². The summed E-state index contributed by atoms with van der Waals surface area (Å²) in [6.07, 6.45) is 1.19. The molecule has 0 fully saturated rings. The molecule has 148 valence electrons. The quantitative estimate of drug-likeness (QED) is 0.431. The summed E-state index contributed by atoms with van der Waals surface area (Å²) in [7, 11) is 0. The Labute approximate surface area is 164 Å². The number of carbonyl (C=O) groups excluding carboxylic acids is 2. The number of amides is 2. The minimum absolute atomic E-state index is 0.0323. The molecule has 0 spiro atoms. The summed E-state index contributed by atoms with van der Waals surface area (Å²) in [5, 5.41) is 17.9. The molecule has 2 amide bonds. The molecule has 10 heteroatoms. The number of hydrogen-bond donors (Lipinski definition) is 4. The Hall–Kier alpha value is -4.08. The van der Waals surface area contributed by atoms with Gasteiger partial charge in [0.05, 0.1) is 18.2 Å². The molecular formula is C19H16FN5O4. The number of hydrogen-bond acceptors (Lipinski definition) is 6. The van der Waals surface area contributed by atoms with Crippen LogP contribution in [0.3, 0.4) is 0 Å². The zero-order valence-electron chi connectivity index (χ0n) is 14.9. The van der Waals surface area contributed by atoms with E-state index in [4.69, 9.17) is 5.11 Å². The average molecular weight is 397 g/mol. The molecule has 0 unspecified atom stereocenters. The van der Waals surface area contributed by atoms with Crippen molar-refractivity contribution in [2.24, 2.45) is 10.1 Å². The fraction of sp³-hybridized carbons (Fsp3) is 0.105. The lowest BCUT2D eigenvalue weighted by atomic mass is 10.1. The molecule has 29 heavy (non-hydrogen) atoms. The number of nitrogens with one attached hydrogen (secondary N) is 3. The highest BCUT2D eigenvalue weighted by atomic mass is 19.1. The topological polar surface area (TPSA) is 132 Å². The molecule has 0 radical (unpaired) electrons. The lowest BCUT2D eigenvalue weighted by Crippen LogP contribution is -2.35. The minimum atomic E-state index is -1.11. The number of halogens is 1. The Balaban J connectivity index is 1.55. The second-order valence-electron chi connectivity index (χ2n) is 6.04. The Bertz CT molecular complexity index is 1000. The number of aromatic carboxylic acids is 1. The van der Waals surface area contributed by atoms with E-state index in [0.717, 1.165) is 0 Å². The van der Waals surface area contributed by atoms with Crippen molar-refractivity contribution in [3.63, 3.8) is 0 Å². The summed E-state index contributed by atoms with van der Waals surface area (Å²) in [6, 6.07) is 10.5. The first-order valence-electron chi connectivity index (χ1n) is 8.47. The van der Waals surface area contributed by atoms with Gasteiger partial charge < -0.3 is 10.4 Å². The van der Waals surface area contributed by atoms with Crippen molar-refractivity contribution in [1.82, 2.24) is 10.7 Å². The Kier molecular flexibility index (Phi) is 5.93. The summed E-state index contributed by atoms with van der Waals surface area (Å²) in [6.45, 7) is 0. The lowest BCUT2D eigenvalue weighted by molar-refractivity contribution is -0.123. The zero-order chi connectivity index (χ0) is 20.8. The second kappa shape index (κ2) is 8.74. The third kappa shape index (κ3) is 5.45. The number of carboxylic acids is 1. The Morgan fingerprint density at radius 1 is 1.24 bits per heavy atom. The predicted octanol–water partition coefficient (Wildman–Crippen LogP) is 1.33. The van der Waals surface area contributed by atoms with E-state index >= 15 is 0 Å². The molecule has 1 atom stereocenters. The number of guanidine groups is 1. The maximum absolute atomic E-state index is 12.9. The monoisotopic (exact) mass is 397 g/mol. The Morgan fingerprint density at radius 2 is 2.00 bits per heavy atom. The van der Waals surface area contributed by atoms with Crippen LogP contribution in [0.15, 0.2) is 58.6 Å². The second-order valence-corrected chi connectivity index (χ2v) is 6.04. The van der Waals surface area contributed by atoms with Gasteiger partial charge in [0, 0.05) is 5.69 Å². The molecule has 4 N–H and O–H groups in total. The standard InChI is InChI=1S/C19H16FN5O4/c20-13-6-4-11(5-7-13)10-21-25-19-23-15(17(27)24-19)9-16(26)22-14-3-1-2-12(8-14)18(28)29/h1-8,10,15H,9H2,(H,22,26)(H,28,29)(H2,23,24,25,27)/b21-10-/t15-/m1/s1. The molecule has 0 bridgehead atoms. The van der Waals surface area contributed by atoms with Crippen molar-refractivity contribution in [2.45, 2.75) is 12.5 Å². The maximum atomic E-state index is 12.9. The van der Waals surface area contributed by atoms with Crippen LogP contribution in [0.4, 0.5) is 10.1 Å². The van der Waals surface area contributed by atoms with Gasteiger partial charge in [-0.25, -0.2) is 19.6 Å². The summed E-state index contributed by atoms with van der Waals surface area (Å²) in [5.74, 6) is -2.36. The van der Waals surface area contributed by atoms with Crippen LogP contribution in [0, 0.1) is 5.82 Å². The van der Waals surface area contributed by atoms with Crippen molar-refractivity contribution in [1.29, 1.82) is 0 Å². The summed E-state index contributed by atoms with van der Waals surface area (Å²) < 4.78 is 12.9. The highest BCUT2D eigenvalue weighted by Gasteiger charge is 2.28. The molecule has 0 saturated carbocycles. The van der Waals surface area contributed by atoms with E-state index in [0.29, 0.717) is 11.3 Å². The number of carbonyl (C=O) groups is 3. The summed E-state index contributed by atoms with van der Waals surface area (Å²) >= 11 is 0. The fourth-order valence-corrected chi connectivity index (χ4v) is 2.48. The highest BCUT2D eigenvalue weighted by molar-refractivity contribution is 6.07. The first-order chi connectivity index (χ1) is 13.9. The van der Waals surface area contributed by atoms with Gasteiger partial charge in [-0.2, -0.15) is 5.10 Å². The number of rotatable bonds is 6. The van der Waals surface area contributed by atoms with Crippen LogP contribution in [0.25, 0.3) is 0 Å². The van der Waals surface area contributed by atoms with Crippen LogP contribution in [0.1, 0.15) is 22.3 Å². The van der Waals surface area contributed by atoms with Gasteiger partial charge in [0.25, 0.3) is 5.91 Å². The average Bonchev–Trinajstić information content (AvgIpc) is 3.02. The number of anilines is 1. The zero-order valence-corrected chi connectivity index (χ0v) is 14.9. The van der Waals surface area contributed by atoms with Gasteiger partial charge in [0.1, 0.15) is 11.9 Å². The molecule has 1 heterocycles. The van der Waals surface area contributed by atoms with Crippen molar-refractivity contribution < 1.29 is 23.9 Å². The van der Waals surface area contributed by atoms with Crippen LogP contribution in [-0.4, -0.2) is 41.1 Å². The lowest BCUT2D eigenvalue weighted by Gasteiger charge is -2.07. The molecular weight excluding hydrogens is 381 g/mol. The van der Waals surface area contributed by atoms with Gasteiger partial charge >= 0.3 is 5.97 Å². The number of hydrazone groups is 1. The predicted molar refractivity (Wildman–Crippen MR) is 103 cm³/mol. The van der Waals surface area contributed by atoms with E-state index in [1.807, 2.05) is 0 Å². The van der Waals surface area contributed by atoms with Crippen molar-refractivity contribution in [3.8, 4) is 0 Å². The first kappa shape index (κ1) is 19.7. The molecule has 3 rings (SSSR count). The van der Waals surface area contributed by atoms with E-state index < -0.39 is 23.8 Å². The summed E-state index contributed by atoms with van der Waals surface area (Å²) in [5.41, 5.74) is 3.52. The van der Waals surface area contributed by atoms with Gasteiger partial charge in [0.15, 0.2) is 0 Å². The third-order valence-corrected chi connectivity index (χ3v) is 3.86. The normalized spacial score (nSPS) is 15.7. The van der Waals surface area contributed by atoms with Crippen LogP contribution < -0.4 is 16.1 Å². The largest absolute Gasteiger partial charge is 0.478 e. The van der Waals surface area contributed by atoms with Gasteiger partial charge in [-0.3, -0.25) is 14.9 Å². The molecule has 9 nitrogen and oxygen atoms in total. The maximum Gasteiger partial charge on any atom is 0.335 e. The first-order valence-corrected chi connectivity index (χ1v) is 8.47. The van der Waals surface area contributed by atoms with Gasteiger partial charge in [0.2, 0.25) is 11.9 Å². The molecule has 2 aromatic rings. The summed E-state index contributed by atoms with van der Waals surface area (Å²) in [4.78, 5) is 39.1. The number of nitrogens with zero attached hydrogens (tertiary/aromatic N) is 2. The molecule has 2 aromatic carbocycles. The molecule has 0 saturated heterocycles. The number of carboxylic acid groups (broad SMARTS) is 1. The fourth-order valence-electron chi connectivity index (χ4n) is 2.48. The molecule has 0 aliphatic carbocycles. The van der Waals surface area contributed by atoms with E-state index in [-0.39, 0.29) is 23.8 Å². The number of aliphatic imine (C=N–C) groups is 1. The van der Waals surface area contributed by atoms with Crippen LogP contribution in [0.2, 0.25) is 0 Å². The van der Waals surface area contributed by atoms with Crippen LogP contribution >= 0.6 is 0 Å². The number of benzene rings is 2. The SMILES string of the molecule is O=C(C[C@H]1N=C(N/N=C\c2ccc(F)cc2)NC1=O)Nc1cccc(C(=O)O)c1. The highest BCUT2D eigenvalue weighted by Crippen LogP contribution is 2.13. The van der Waals surface area contributed by atoms with E-state index in [9.17, 15) is 18.8 Å². The smallest absolute Gasteiger partial charge is 0.335 e. The van der Waals surface area contributed by atoms with Crippen molar-refractivity contribution in [2.75, 3.05) is 5.32 Å². The van der Waals surface area contributed by atoms with Crippen molar-refractivity contribution in [3.05, 3.63) is 65.5 Å². The van der Waals surface area contributed by atoms with Crippen LogP contribution in [-0.2, 0) is 9.59 Å². The Morgan fingerprint density at radius 3 is 2.72 bits per heavy atom. The molecule has 1 aliphatic rings. The van der Waals surface area contributed by atoms with E-state index in [1.54, 1.807) is 6.07 Å². The van der Waals surface area contributed by atoms with Crippen LogP contribution in [0.5, 0.6) is 0 Å². The van der Waals surface area contributed by atoms with Crippen molar-refractivity contribution >= 4 is 35.6 Å². The van der Waals surface area contributed by atoms with E-state index in [2.05, 4.69) is 26.2 Å².